The highest BCUT2D eigenvalue weighted by Crippen LogP contribution is 2.23. The van der Waals surface area contributed by atoms with Crippen LogP contribution in [0.15, 0.2) is 18.2 Å². The summed E-state index contributed by atoms with van der Waals surface area (Å²) in [6.45, 7) is 7.11. The van der Waals surface area contributed by atoms with Gasteiger partial charge in [-0.25, -0.2) is 4.39 Å². The fourth-order valence-corrected chi connectivity index (χ4v) is 2.61. The van der Waals surface area contributed by atoms with Crippen LogP contribution in [0.1, 0.15) is 25.8 Å². The highest BCUT2D eigenvalue weighted by molar-refractivity contribution is 6.31. The Bertz CT molecular complexity index is 411. The number of hydrogen-bond acceptors (Lipinski definition) is 2. The van der Waals surface area contributed by atoms with E-state index >= 15 is 0 Å². The Labute approximate surface area is 113 Å². The molecule has 100 valence electrons. The number of halogens is 2. The Balaban J connectivity index is 2.13. The van der Waals surface area contributed by atoms with Crippen molar-refractivity contribution in [2.75, 3.05) is 13.1 Å². The van der Waals surface area contributed by atoms with E-state index in [0.717, 1.165) is 25.1 Å². The van der Waals surface area contributed by atoms with Crippen LogP contribution in [0.5, 0.6) is 0 Å². The van der Waals surface area contributed by atoms with Gasteiger partial charge >= 0.3 is 0 Å². The van der Waals surface area contributed by atoms with Gasteiger partial charge in [-0.1, -0.05) is 23.7 Å². The molecule has 2 atom stereocenters. The highest BCUT2D eigenvalue weighted by atomic mass is 35.5. The molecule has 1 aliphatic rings. The molecule has 1 saturated heterocycles. The van der Waals surface area contributed by atoms with Crippen molar-refractivity contribution in [1.82, 2.24) is 10.2 Å². The van der Waals surface area contributed by atoms with Crippen LogP contribution in [0.2, 0.25) is 5.02 Å². The molecule has 2 nitrogen and oxygen atoms in total. The second-order valence-corrected chi connectivity index (χ2v) is 5.51. The van der Waals surface area contributed by atoms with Gasteiger partial charge < -0.3 is 5.32 Å². The first-order valence-electron chi connectivity index (χ1n) is 6.48. The first kappa shape index (κ1) is 13.8. The molecule has 0 bridgehead atoms. The number of nitrogens with zero attached hydrogens (tertiary/aromatic N) is 1. The highest BCUT2D eigenvalue weighted by Gasteiger charge is 2.21. The molecule has 0 spiro atoms. The molecule has 1 fully saturated rings. The van der Waals surface area contributed by atoms with E-state index in [4.69, 9.17) is 11.6 Å². The molecule has 1 aromatic carbocycles. The molecule has 1 aromatic rings. The fraction of sp³-hybridized carbons (Fsp3) is 0.571. The number of nitrogens with one attached hydrogen (secondary N) is 1. The molecular weight excluding hydrogens is 251 g/mol. The van der Waals surface area contributed by atoms with Gasteiger partial charge in [-0.3, -0.25) is 4.90 Å². The second-order valence-electron chi connectivity index (χ2n) is 5.14. The topological polar surface area (TPSA) is 15.3 Å². The summed E-state index contributed by atoms with van der Waals surface area (Å²) in [7, 11) is 0. The molecule has 2 rings (SSSR count). The van der Waals surface area contributed by atoms with Crippen molar-refractivity contribution in [1.29, 1.82) is 0 Å². The normalized spacial score (nSPS) is 26.0. The maximum absolute atomic E-state index is 13.4. The molecule has 0 radical (unpaired) electrons. The van der Waals surface area contributed by atoms with E-state index in [1.807, 2.05) is 6.07 Å². The standard InChI is InChI=1S/C14H20ClFN2/c1-10-8-18(11(2)6-7-17-10)9-12-4-3-5-13(16)14(12)15/h3-5,10-11,17H,6-9H2,1-2H3. The lowest BCUT2D eigenvalue weighted by Crippen LogP contribution is -2.38. The Kier molecular flexibility index (Phi) is 4.60. The minimum absolute atomic E-state index is 0.259. The Morgan fingerprint density at radius 2 is 2.22 bits per heavy atom. The molecule has 0 aromatic heterocycles. The van der Waals surface area contributed by atoms with Gasteiger partial charge in [0.2, 0.25) is 0 Å². The number of benzene rings is 1. The SMILES string of the molecule is CC1CN(Cc2cccc(F)c2Cl)C(C)CCN1. The average molecular weight is 271 g/mol. The quantitative estimate of drug-likeness (QED) is 0.889. The van der Waals surface area contributed by atoms with Crippen LogP contribution in [0.3, 0.4) is 0 Å². The fourth-order valence-electron chi connectivity index (χ4n) is 2.43. The van der Waals surface area contributed by atoms with Gasteiger partial charge in [0.25, 0.3) is 0 Å². The van der Waals surface area contributed by atoms with Crippen LogP contribution < -0.4 is 5.32 Å². The molecule has 2 unspecified atom stereocenters. The summed E-state index contributed by atoms with van der Waals surface area (Å²) in [4.78, 5) is 2.37. The van der Waals surface area contributed by atoms with Crippen LogP contribution in [0.4, 0.5) is 4.39 Å². The maximum atomic E-state index is 13.4. The average Bonchev–Trinajstić information content (AvgIpc) is 2.48. The van der Waals surface area contributed by atoms with E-state index < -0.39 is 0 Å². The number of rotatable bonds is 2. The third-order valence-corrected chi connectivity index (χ3v) is 4.01. The van der Waals surface area contributed by atoms with Crippen molar-refractivity contribution < 1.29 is 4.39 Å². The minimum atomic E-state index is -0.331. The zero-order valence-electron chi connectivity index (χ0n) is 10.9. The van der Waals surface area contributed by atoms with Crippen molar-refractivity contribution in [3.63, 3.8) is 0 Å². The third kappa shape index (κ3) is 3.22. The number of hydrogen-bond donors (Lipinski definition) is 1. The van der Waals surface area contributed by atoms with Crippen LogP contribution in [0.25, 0.3) is 0 Å². The van der Waals surface area contributed by atoms with Crippen molar-refractivity contribution in [3.05, 3.63) is 34.6 Å². The van der Waals surface area contributed by atoms with E-state index in [0.29, 0.717) is 18.6 Å². The molecule has 0 saturated carbocycles. The molecule has 18 heavy (non-hydrogen) atoms. The van der Waals surface area contributed by atoms with E-state index in [-0.39, 0.29) is 10.8 Å². The van der Waals surface area contributed by atoms with Crippen LogP contribution in [-0.4, -0.2) is 30.1 Å². The summed E-state index contributed by atoms with van der Waals surface area (Å²) in [5, 5.41) is 3.73. The summed E-state index contributed by atoms with van der Waals surface area (Å²) in [5.41, 5.74) is 0.873. The molecular formula is C14H20ClFN2. The minimum Gasteiger partial charge on any atom is -0.313 e. The summed E-state index contributed by atoms with van der Waals surface area (Å²) in [5.74, 6) is -0.331. The van der Waals surface area contributed by atoms with Crippen molar-refractivity contribution >= 4 is 11.6 Å². The predicted octanol–water partition coefficient (Wildman–Crippen LogP) is 3.05. The van der Waals surface area contributed by atoms with E-state index in [9.17, 15) is 4.39 Å². The Hall–Kier alpha value is -0.640. The predicted molar refractivity (Wildman–Crippen MR) is 73.4 cm³/mol. The zero-order chi connectivity index (χ0) is 13.1. The second kappa shape index (κ2) is 6.00. The van der Waals surface area contributed by atoms with E-state index in [1.54, 1.807) is 6.07 Å². The summed E-state index contributed by atoms with van der Waals surface area (Å²) in [6, 6.07) is 5.98. The Morgan fingerprint density at radius 1 is 1.44 bits per heavy atom. The van der Waals surface area contributed by atoms with Crippen molar-refractivity contribution in [3.8, 4) is 0 Å². The van der Waals surface area contributed by atoms with E-state index in [1.165, 1.54) is 6.07 Å². The third-order valence-electron chi connectivity index (χ3n) is 3.59. The lowest BCUT2D eigenvalue weighted by atomic mass is 10.1. The summed E-state index contributed by atoms with van der Waals surface area (Å²) in [6.07, 6.45) is 1.11. The Morgan fingerprint density at radius 3 is 3.00 bits per heavy atom. The van der Waals surface area contributed by atoms with Gasteiger partial charge in [-0.05, 0) is 38.4 Å². The summed E-state index contributed by atoms with van der Waals surface area (Å²) >= 11 is 6.02. The van der Waals surface area contributed by atoms with Crippen LogP contribution in [0, 0.1) is 5.82 Å². The first-order chi connectivity index (χ1) is 8.58. The van der Waals surface area contributed by atoms with Crippen LogP contribution >= 0.6 is 11.6 Å². The molecule has 4 heteroatoms. The van der Waals surface area contributed by atoms with Gasteiger partial charge in [0, 0.05) is 25.2 Å². The molecule has 0 amide bonds. The molecule has 0 aliphatic carbocycles. The van der Waals surface area contributed by atoms with Gasteiger partial charge in [0.1, 0.15) is 5.82 Å². The lowest BCUT2D eigenvalue weighted by Gasteiger charge is -2.28. The van der Waals surface area contributed by atoms with E-state index in [2.05, 4.69) is 24.1 Å². The van der Waals surface area contributed by atoms with Crippen LogP contribution in [-0.2, 0) is 6.54 Å². The molecule has 1 aliphatic heterocycles. The first-order valence-corrected chi connectivity index (χ1v) is 6.86. The largest absolute Gasteiger partial charge is 0.313 e. The molecule has 1 heterocycles. The zero-order valence-corrected chi connectivity index (χ0v) is 11.7. The monoisotopic (exact) mass is 270 g/mol. The van der Waals surface area contributed by atoms with Gasteiger partial charge in [-0.15, -0.1) is 0 Å². The molecule has 1 N–H and O–H groups in total. The van der Waals surface area contributed by atoms with Crippen molar-refractivity contribution in [2.24, 2.45) is 0 Å². The van der Waals surface area contributed by atoms with Crippen molar-refractivity contribution in [2.45, 2.75) is 38.9 Å². The van der Waals surface area contributed by atoms with Gasteiger partial charge in [0.15, 0.2) is 0 Å². The van der Waals surface area contributed by atoms with Gasteiger partial charge in [-0.2, -0.15) is 0 Å². The smallest absolute Gasteiger partial charge is 0.142 e. The summed E-state index contributed by atoms with van der Waals surface area (Å²) < 4.78 is 13.4. The van der Waals surface area contributed by atoms with Gasteiger partial charge in [0.05, 0.1) is 5.02 Å². The lowest BCUT2D eigenvalue weighted by molar-refractivity contribution is 0.198. The maximum Gasteiger partial charge on any atom is 0.142 e.